The SMILES string of the molecule is O=C(O)c1cccc(N2C(=O)C(=Cc3cccc(OCc4ccc(F)cc4)c3)SC2=S)c1. The topological polar surface area (TPSA) is 66.8 Å². The van der Waals surface area contributed by atoms with Gasteiger partial charge < -0.3 is 9.84 Å². The number of carbonyl (C=O) groups excluding carboxylic acids is 1. The van der Waals surface area contributed by atoms with Crippen LogP contribution in [0.25, 0.3) is 6.08 Å². The van der Waals surface area contributed by atoms with Crippen molar-refractivity contribution in [2.24, 2.45) is 0 Å². The smallest absolute Gasteiger partial charge is 0.335 e. The van der Waals surface area contributed by atoms with E-state index in [-0.39, 0.29) is 23.9 Å². The number of halogens is 1. The van der Waals surface area contributed by atoms with E-state index in [2.05, 4.69) is 0 Å². The number of thiocarbonyl (C=S) groups is 1. The van der Waals surface area contributed by atoms with Gasteiger partial charge in [0.25, 0.3) is 5.91 Å². The van der Waals surface area contributed by atoms with Crippen molar-refractivity contribution >= 4 is 51.9 Å². The van der Waals surface area contributed by atoms with Crippen molar-refractivity contribution < 1.29 is 23.8 Å². The molecule has 0 bridgehead atoms. The summed E-state index contributed by atoms with van der Waals surface area (Å²) in [5.41, 5.74) is 2.07. The highest BCUT2D eigenvalue weighted by Gasteiger charge is 2.33. The van der Waals surface area contributed by atoms with Gasteiger partial charge in [-0.1, -0.05) is 54.3 Å². The fraction of sp³-hybridized carbons (Fsp3) is 0.0417. The molecule has 8 heteroatoms. The number of aromatic carboxylic acids is 1. The van der Waals surface area contributed by atoms with Gasteiger partial charge >= 0.3 is 5.97 Å². The molecular weight excluding hydrogens is 449 g/mol. The number of hydrogen-bond donors (Lipinski definition) is 1. The van der Waals surface area contributed by atoms with Gasteiger partial charge in [0.05, 0.1) is 16.2 Å². The number of carboxylic acids is 1. The molecule has 0 atom stereocenters. The van der Waals surface area contributed by atoms with Gasteiger partial charge in [-0.25, -0.2) is 9.18 Å². The number of benzene rings is 3. The number of thioether (sulfide) groups is 1. The lowest BCUT2D eigenvalue weighted by molar-refractivity contribution is -0.113. The Hall–Kier alpha value is -3.49. The lowest BCUT2D eigenvalue weighted by Gasteiger charge is -2.14. The number of rotatable bonds is 6. The number of anilines is 1. The van der Waals surface area contributed by atoms with Crippen LogP contribution in [0, 0.1) is 5.82 Å². The summed E-state index contributed by atoms with van der Waals surface area (Å²) in [4.78, 5) is 26.0. The summed E-state index contributed by atoms with van der Waals surface area (Å²) in [5, 5.41) is 9.20. The van der Waals surface area contributed by atoms with Crippen LogP contribution in [0.3, 0.4) is 0 Å². The average molecular weight is 466 g/mol. The van der Waals surface area contributed by atoms with Crippen LogP contribution in [0.15, 0.2) is 77.7 Å². The number of ether oxygens (including phenoxy) is 1. The van der Waals surface area contributed by atoms with E-state index in [1.807, 2.05) is 12.1 Å². The summed E-state index contributed by atoms with van der Waals surface area (Å²) in [6.07, 6.45) is 1.71. The van der Waals surface area contributed by atoms with E-state index >= 15 is 0 Å². The van der Waals surface area contributed by atoms with Crippen LogP contribution in [-0.4, -0.2) is 21.3 Å². The molecule has 3 aromatic rings. The number of carbonyl (C=O) groups is 2. The highest BCUT2D eigenvalue weighted by Crippen LogP contribution is 2.36. The van der Waals surface area contributed by atoms with E-state index in [9.17, 15) is 19.1 Å². The molecule has 0 spiro atoms. The van der Waals surface area contributed by atoms with Crippen molar-refractivity contribution in [1.29, 1.82) is 0 Å². The molecule has 0 radical (unpaired) electrons. The van der Waals surface area contributed by atoms with Crippen molar-refractivity contribution in [3.63, 3.8) is 0 Å². The summed E-state index contributed by atoms with van der Waals surface area (Å²) in [5.74, 6) is -1.10. The lowest BCUT2D eigenvalue weighted by atomic mass is 10.1. The van der Waals surface area contributed by atoms with E-state index in [0.717, 1.165) is 22.9 Å². The van der Waals surface area contributed by atoms with Gasteiger partial charge in [-0.15, -0.1) is 0 Å². The van der Waals surface area contributed by atoms with Gasteiger partial charge in [-0.05, 0) is 59.7 Å². The third-order valence-electron chi connectivity index (χ3n) is 4.62. The fourth-order valence-electron chi connectivity index (χ4n) is 3.06. The van der Waals surface area contributed by atoms with Gasteiger partial charge in [-0.2, -0.15) is 0 Å². The Labute approximate surface area is 193 Å². The fourth-order valence-corrected chi connectivity index (χ4v) is 4.36. The Morgan fingerprint density at radius 1 is 1.09 bits per heavy atom. The van der Waals surface area contributed by atoms with E-state index in [4.69, 9.17) is 17.0 Å². The Bertz CT molecular complexity index is 1240. The molecular formula is C24H16FNO4S2. The first-order valence-corrected chi connectivity index (χ1v) is 10.7. The first kappa shape index (κ1) is 21.7. The molecule has 1 heterocycles. The van der Waals surface area contributed by atoms with Crippen LogP contribution in [0.1, 0.15) is 21.5 Å². The van der Waals surface area contributed by atoms with Crippen molar-refractivity contribution in [3.05, 3.63) is 100 Å². The monoisotopic (exact) mass is 465 g/mol. The first-order valence-electron chi connectivity index (χ1n) is 9.49. The predicted molar refractivity (Wildman–Crippen MR) is 126 cm³/mol. The molecule has 0 saturated carbocycles. The van der Waals surface area contributed by atoms with Crippen LogP contribution in [0.2, 0.25) is 0 Å². The molecule has 3 aromatic carbocycles. The molecule has 5 nitrogen and oxygen atoms in total. The number of carboxylic acid groups (broad SMARTS) is 1. The predicted octanol–water partition coefficient (Wildman–Crippen LogP) is 5.51. The first-order chi connectivity index (χ1) is 15.4. The summed E-state index contributed by atoms with van der Waals surface area (Å²) >= 11 is 6.51. The maximum atomic E-state index is 13.0. The van der Waals surface area contributed by atoms with Crippen molar-refractivity contribution in [2.45, 2.75) is 6.61 Å². The zero-order valence-electron chi connectivity index (χ0n) is 16.5. The molecule has 4 rings (SSSR count). The second-order valence-corrected chi connectivity index (χ2v) is 8.54. The second-order valence-electron chi connectivity index (χ2n) is 6.86. The minimum absolute atomic E-state index is 0.0755. The lowest BCUT2D eigenvalue weighted by Crippen LogP contribution is -2.27. The Balaban J connectivity index is 1.51. The van der Waals surface area contributed by atoms with Crippen LogP contribution in [0.5, 0.6) is 5.75 Å². The van der Waals surface area contributed by atoms with Gasteiger partial charge in [0, 0.05) is 0 Å². The zero-order valence-corrected chi connectivity index (χ0v) is 18.2. The molecule has 32 heavy (non-hydrogen) atoms. The standard InChI is InChI=1S/C24H16FNO4S2/c25-18-9-7-15(8-10-18)14-30-20-6-1-3-16(11-20)12-21-22(27)26(24(31)32-21)19-5-2-4-17(13-19)23(28)29/h1-13H,14H2,(H,28,29). The minimum Gasteiger partial charge on any atom is -0.489 e. The molecule has 0 aromatic heterocycles. The van der Waals surface area contributed by atoms with Crippen LogP contribution >= 0.6 is 24.0 Å². The molecule has 0 unspecified atom stereocenters. The van der Waals surface area contributed by atoms with E-state index < -0.39 is 5.97 Å². The second kappa shape index (κ2) is 9.33. The molecule has 1 aliphatic heterocycles. The Morgan fingerprint density at radius 2 is 1.84 bits per heavy atom. The highest BCUT2D eigenvalue weighted by atomic mass is 32.2. The minimum atomic E-state index is -1.08. The third-order valence-corrected chi connectivity index (χ3v) is 5.92. The average Bonchev–Trinajstić information content (AvgIpc) is 3.06. The molecule has 1 fully saturated rings. The van der Waals surface area contributed by atoms with Gasteiger partial charge in [0.1, 0.15) is 18.2 Å². The summed E-state index contributed by atoms with van der Waals surface area (Å²) in [6, 6.07) is 19.4. The molecule has 1 saturated heterocycles. The number of amides is 1. The van der Waals surface area contributed by atoms with Gasteiger partial charge in [0.2, 0.25) is 0 Å². The molecule has 160 valence electrons. The van der Waals surface area contributed by atoms with E-state index in [1.165, 1.54) is 29.2 Å². The van der Waals surface area contributed by atoms with E-state index in [1.54, 1.807) is 42.5 Å². The van der Waals surface area contributed by atoms with E-state index in [0.29, 0.717) is 20.7 Å². The maximum absolute atomic E-state index is 13.0. The van der Waals surface area contributed by atoms with Gasteiger partial charge in [-0.3, -0.25) is 9.69 Å². The van der Waals surface area contributed by atoms with Crippen LogP contribution in [-0.2, 0) is 11.4 Å². The molecule has 1 N–H and O–H groups in total. The van der Waals surface area contributed by atoms with Gasteiger partial charge in [0.15, 0.2) is 4.32 Å². The van der Waals surface area contributed by atoms with Crippen molar-refractivity contribution in [1.82, 2.24) is 0 Å². The zero-order chi connectivity index (χ0) is 22.7. The molecule has 1 amide bonds. The number of hydrogen-bond acceptors (Lipinski definition) is 5. The quantitative estimate of drug-likeness (QED) is 0.383. The third kappa shape index (κ3) is 4.87. The summed E-state index contributed by atoms with van der Waals surface area (Å²) in [7, 11) is 0. The molecule has 0 aliphatic carbocycles. The van der Waals surface area contributed by atoms with Crippen LogP contribution in [0.4, 0.5) is 10.1 Å². The summed E-state index contributed by atoms with van der Waals surface area (Å²) in [6.45, 7) is 0.283. The summed E-state index contributed by atoms with van der Waals surface area (Å²) < 4.78 is 19.1. The highest BCUT2D eigenvalue weighted by molar-refractivity contribution is 8.27. The van der Waals surface area contributed by atoms with Crippen LogP contribution < -0.4 is 9.64 Å². The van der Waals surface area contributed by atoms with Crippen molar-refractivity contribution in [3.8, 4) is 5.75 Å². The normalized spacial score (nSPS) is 14.8. The maximum Gasteiger partial charge on any atom is 0.335 e. The Morgan fingerprint density at radius 3 is 2.59 bits per heavy atom. The molecule has 1 aliphatic rings. The number of nitrogens with zero attached hydrogens (tertiary/aromatic N) is 1. The Kier molecular flexibility index (Phi) is 6.34. The largest absolute Gasteiger partial charge is 0.489 e. The van der Waals surface area contributed by atoms with Crippen molar-refractivity contribution in [2.75, 3.05) is 4.90 Å².